The van der Waals surface area contributed by atoms with Gasteiger partial charge in [0.05, 0.1) is 10.9 Å². The lowest BCUT2D eigenvalue weighted by atomic mass is 10.0. The third kappa shape index (κ3) is 1.56. The molecule has 0 amide bonds. The number of aryl methyl sites for hydroxylation is 2. The van der Waals surface area contributed by atoms with Crippen LogP contribution in [-0.2, 0) is 0 Å². The molecule has 1 heterocycles. The van der Waals surface area contributed by atoms with Crippen molar-refractivity contribution in [2.24, 2.45) is 0 Å². The van der Waals surface area contributed by atoms with Gasteiger partial charge in [0.2, 0.25) is 0 Å². The average molecular weight is 296 g/mol. The van der Waals surface area contributed by atoms with Gasteiger partial charge in [0.15, 0.2) is 5.43 Å². The maximum atomic E-state index is 14.0. The smallest absolute Gasteiger partial charge is 0.199 e. The van der Waals surface area contributed by atoms with Gasteiger partial charge in [-0.3, -0.25) is 4.79 Å². The Labute approximate surface area is 125 Å². The van der Waals surface area contributed by atoms with Crippen molar-refractivity contribution in [1.29, 1.82) is 0 Å². The molecule has 1 atom stereocenters. The minimum absolute atomic E-state index is 0.114. The van der Waals surface area contributed by atoms with Crippen LogP contribution in [0.5, 0.6) is 0 Å². The minimum Gasteiger partial charge on any atom is -0.455 e. The molecule has 1 unspecified atom stereocenters. The second kappa shape index (κ2) is 4.27. The third-order valence-corrected chi connectivity index (χ3v) is 4.20. The Morgan fingerprint density at radius 1 is 1.18 bits per heavy atom. The second-order valence-corrected chi connectivity index (χ2v) is 5.74. The molecule has 1 aliphatic carbocycles. The van der Waals surface area contributed by atoms with Crippen LogP contribution in [0.1, 0.15) is 28.4 Å². The van der Waals surface area contributed by atoms with Crippen molar-refractivity contribution < 1.29 is 13.9 Å². The summed E-state index contributed by atoms with van der Waals surface area (Å²) >= 11 is 0. The van der Waals surface area contributed by atoms with Crippen molar-refractivity contribution in [3.05, 3.63) is 68.6 Å². The van der Waals surface area contributed by atoms with Crippen molar-refractivity contribution in [3.8, 4) is 11.3 Å². The molecule has 0 bridgehead atoms. The normalized spacial score (nSPS) is 15.9. The van der Waals surface area contributed by atoms with Crippen LogP contribution in [0, 0.1) is 19.7 Å². The molecule has 22 heavy (non-hydrogen) atoms. The fourth-order valence-electron chi connectivity index (χ4n) is 3.27. The lowest BCUT2D eigenvalue weighted by Gasteiger charge is -2.08. The fraction of sp³-hybridized carbons (Fsp3) is 0.167. The van der Waals surface area contributed by atoms with Gasteiger partial charge in [-0.2, -0.15) is 0 Å². The molecule has 3 aromatic rings. The molecule has 4 rings (SSSR count). The molecule has 1 aliphatic rings. The number of aliphatic hydroxyl groups excluding tert-OH is 1. The molecule has 1 aromatic heterocycles. The SMILES string of the molecule is Cc1cc(C)c2oc3c(c(=O)c2c1)C(O)c1c(F)cccc1-3. The predicted octanol–water partition coefficient (Wildman–Crippen LogP) is 3.61. The number of halogens is 1. The fourth-order valence-corrected chi connectivity index (χ4v) is 3.27. The molecule has 0 spiro atoms. The van der Waals surface area contributed by atoms with Gasteiger partial charge >= 0.3 is 0 Å². The number of aliphatic hydroxyl groups is 1. The Balaban J connectivity index is 2.19. The first-order valence-corrected chi connectivity index (χ1v) is 7.04. The van der Waals surface area contributed by atoms with Gasteiger partial charge in [-0.25, -0.2) is 4.39 Å². The molecule has 0 radical (unpaired) electrons. The van der Waals surface area contributed by atoms with E-state index in [0.717, 1.165) is 11.1 Å². The van der Waals surface area contributed by atoms with Crippen LogP contribution in [0.25, 0.3) is 22.3 Å². The summed E-state index contributed by atoms with van der Waals surface area (Å²) in [4.78, 5) is 12.8. The number of fused-ring (bicyclic) bond motifs is 4. The first-order valence-electron chi connectivity index (χ1n) is 7.04. The lowest BCUT2D eigenvalue weighted by molar-refractivity contribution is 0.218. The Bertz CT molecular complexity index is 1000. The van der Waals surface area contributed by atoms with E-state index >= 15 is 0 Å². The average Bonchev–Trinajstić information content (AvgIpc) is 2.75. The topological polar surface area (TPSA) is 50.4 Å². The quantitative estimate of drug-likeness (QED) is 0.689. The molecule has 0 fully saturated rings. The van der Waals surface area contributed by atoms with E-state index in [4.69, 9.17) is 4.42 Å². The number of benzene rings is 2. The summed E-state index contributed by atoms with van der Waals surface area (Å²) in [7, 11) is 0. The van der Waals surface area contributed by atoms with Crippen LogP contribution >= 0.6 is 0 Å². The van der Waals surface area contributed by atoms with Crippen molar-refractivity contribution in [3.63, 3.8) is 0 Å². The molecular formula is C18H13FO3. The molecule has 0 aliphatic heterocycles. The van der Waals surface area contributed by atoms with Crippen molar-refractivity contribution >= 4 is 11.0 Å². The zero-order valence-corrected chi connectivity index (χ0v) is 12.1. The van der Waals surface area contributed by atoms with Crippen LogP contribution < -0.4 is 5.43 Å². The maximum absolute atomic E-state index is 14.0. The van der Waals surface area contributed by atoms with Crippen LogP contribution in [0.2, 0.25) is 0 Å². The molecule has 0 saturated carbocycles. The van der Waals surface area contributed by atoms with Gasteiger partial charge in [0, 0.05) is 11.1 Å². The standard InChI is InChI=1S/C18H13FO3/c1-8-6-9(2)17-11(7-8)15(20)14-16(21)13-10(18(14)22-17)4-3-5-12(13)19/h3-7,16,21H,1-2H3. The zero-order valence-electron chi connectivity index (χ0n) is 12.1. The van der Waals surface area contributed by atoms with Crippen molar-refractivity contribution in [2.75, 3.05) is 0 Å². The Kier molecular flexibility index (Phi) is 2.57. The zero-order chi connectivity index (χ0) is 15.6. The van der Waals surface area contributed by atoms with Crippen LogP contribution in [0.3, 0.4) is 0 Å². The summed E-state index contributed by atoms with van der Waals surface area (Å²) in [5.74, 6) is -0.265. The molecule has 110 valence electrons. The third-order valence-electron chi connectivity index (χ3n) is 4.20. The summed E-state index contributed by atoms with van der Waals surface area (Å²) in [6, 6.07) is 8.14. The summed E-state index contributed by atoms with van der Waals surface area (Å²) in [5.41, 5.74) is 2.65. The highest BCUT2D eigenvalue weighted by Crippen LogP contribution is 2.44. The first kappa shape index (κ1) is 13.2. The van der Waals surface area contributed by atoms with E-state index in [1.807, 2.05) is 19.9 Å². The van der Waals surface area contributed by atoms with E-state index in [9.17, 15) is 14.3 Å². The van der Waals surface area contributed by atoms with Crippen LogP contribution in [0.15, 0.2) is 39.5 Å². The maximum Gasteiger partial charge on any atom is 0.199 e. The van der Waals surface area contributed by atoms with Gasteiger partial charge in [-0.15, -0.1) is 0 Å². The van der Waals surface area contributed by atoms with Crippen molar-refractivity contribution in [2.45, 2.75) is 20.0 Å². The molecule has 2 aromatic carbocycles. The number of hydrogen-bond donors (Lipinski definition) is 1. The lowest BCUT2D eigenvalue weighted by Crippen LogP contribution is -2.13. The van der Waals surface area contributed by atoms with E-state index in [-0.39, 0.29) is 22.3 Å². The van der Waals surface area contributed by atoms with Crippen LogP contribution in [0.4, 0.5) is 4.39 Å². The summed E-state index contributed by atoms with van der Waals surface area (Å²) in [6.07, 6.45) is -1.28. The Morgan fingerprint density at radius 3 is 2.73 bits per heavy atom. The first-order chi connectivity index (χ1) is 10.5. The van der Waals surface area contributed by atoms with Gasteiger partial charge in [-0.1, -0.05) is 18.2 Å². The Morgan fingerprint density at radius 2 is 1.95 bits per heavy atom. The monoisotopic (exact) mass is 296 g/mol. The minimum atomic E-state index is -1.28. The second-order valence-electron chi connectivity index (χ2n) is 5.74. The summed E-state index contributed by atoms with van der Waals surface area (Å²) in [5, 5.41) is 10.8. The highest BCUT2D eigenvalue weighted by Gasteiger charge is 2.35. The predicted molar refractivity (Wildman–Crippen MR) is 81.4 cm³/mol. The van der Waals surface area contributed by atoms with Crippen molar-refractivity contribution in [1.82, 2.24) is 0 Å². The highest BCUT2D eigenvalue weighted by molar-refractivity contribution is 5.86. The summed E-state index contributed by atoms with van der Waals surface area (Å²) in [6.45, 7) is 3.76. The van der Waals surface area contributed by atoms with Crippen LogP contribution in [-0.4, -0.2) is 5.11 Å². The van der Waals surface area contributed by atoms with E-state index in [1.165, 1.54) is 6.07 Å². The van der Waals surface area contributed by atoms with Gasteiger partial charge in [0.25, 0.3) is 0 Å². The van der Waals surface area contributed by atoms with Gasteiger partial charge in [0.1, 0.15) is 23.3 Å². The van der Waals surface area contributed by atoms with E-state index in [0.29, 0.717) is 16.5 Å². The molecule has 4 heteroatoms. The largest absolute Gasteiger partial charge is 0.455 e. The van der Waals surface area contributed by atoms with E-state index in [2.05, 4.69) is 0 Å². The molecular weight excluding hydrogens is 283 g/mol. The Hall–Kier alpha value is -2.46. The number of hydrogen-bond acceptors (Lipinski definition) is 3. The molecule has 3 nitrogen and oxygen atoms in total. The van der Waals surface area contributed by atoms with Gasteiger partial charge in [-0.05, 0) is 37.1 Å². The molecule has 0 saturated heterocycles. The highest BCUT2D eigenvalue weighted by atomic mass is 19.1. The van der Waals surface area contributed by atoms with E-state index in [1.54, 1.807) is 18.2 Å². The van der Waals surface area contributed by atoms with E-state index < -0.39 is 11.9 Å². The number of rotatable bonds is 0. The van der Waals surface area contributed by atoms with Gasteiger partial charge < -0.3 is 9.52 Å². The summed E-state index contributed by atoms with van der Waals surface area (Å²) < 4.78 is 19.9. The molecule has 1 N–H and O–H groups in total.